The number of benzene rings is 2. The fourth-order valence-electron chi connectivity index (χ4n) is 3.57. The molecule has 1 amide bonds. The van der Waals surface area contributed by atoms with E-state index in [4.69, 9.17) is 21.1 Å². The van der Waals surface area contributed by atoms with E-state index in [1.54, 1.807) is 47.6 Å². The van der Waals surface area contributed by atoms with E-state index in [1.807, 2.05) is 0 Å². The molecule has 1 atom stereocenters. The number of esters is 1. The summed E-state index contributed by atoms with van der Waals surface area (Å²) < 4.78 is 77.6. The third kappa shape index (κ3) is 8.26. The number of alkyl halides is 3. The fraction of sp³-hybridized carbons (Fsp3) is 0.440. The molecule has 0 aliphatic rings. The lowest BCUT2D eigenvalue weighted by atomic mass is 9.94. The third-order valence-electron chi connectivity index (χ3n) is 4.95. The van der Waals surface area contributed by atoms with Crippen molar-refractivity contribution in [2.45, 2.75) is 65.1 Å². The Labute approximate surface area is 224 Å². The smallest absolute Gasteiger partial charge is 0.466 e. The Morgan fingerprint density at radius 1 is 1.08 bits per heavy atom. The van der Waals surface area contributed by atoms with E-state index >= 15 is 0 Å². The summed E-state index contributed by atoms with van der Waals surface area (Å²) in [6.45, 7) is 9.78. The van der Waals surface area contributed by atoms with Crippen molar-refractivity contribution >= 4 is 33.8 Å². The highest BCUT2D eigenvalue weighted by Crippen LogP contribution is 2.40. The van der Waals surface area contributed by atoms with Gasteiger partial charge < -0.3 is 19.0 Å². The minimum atomic E-state index is -5.97. The number of hydrogen-bond acceptors (Lipinski definition) is 7. The van der Waals surface area contributed by atoms with Crippen molar-refractivity contribution in [3.05, 3.63) is 52.0 Å². The van der Waals surface area contributed by atoms with Gasteiger partial charge in [0.2, 0.25) is 0 Å². The van der Waals surface area contributed by atoms with Crippen LogP contribution in [0.25, 0.3) is 11.1 Å². The van der Waals surface area contributed by atoms with Gasteiger partial charge in [0.05, 0.1) is 19.1 Å². The molecule has 0 saturated heterocycles. The molecule has 13 heteroatoms. The summed E-state index contributed by atoms with van der Waals surface area (Å²) in [4.78, 5) is 24.8. The lowest BCUT2D eigenvalue weighted by Crippen LogP contribution is -2.36. The average molecular weight is 580 g/mol. The topological polar surface area (TPSA) is 108 Å². The highest BCUT2D eigenvalue weighted by molar-refractivity contribution is 7.88. The van der Waals surface area contributed by atoms with Crippen LogP contribution in [0.5, 0.6) is 5.75 Å². The molecule has 2 aromatic carbocycles. The molecule has 2 aromatic rings. The molecule has 0 heterocycles. The third-order valence-corrected chi connectivity index (χ3v) is 6.26. The van der Waals surface area contributed by atoms with E-state index in [2.05, 4.69) is 9.50 Å². The maximum atomic E-state index is 13.1. The highest BCUT2D eigenvalue weighted by Gasteiger charge is 2.49. The Morgan fingerprint density at radius 2 is 1.71 bits per heavy atom. The molecule has 210 valence electrons. The second-order valence-corrected chi connectivity index (χ2v) is 11.3. The highest BCUT2D eigenvalue weighted by atomic mass is 35.5. The second kappa shape index (κ2) is 11.8. The lowest BCUT2D eigenvalue weighted by Gasteiger charge is -2.24. The molecule has 0 aliphatic carbocycles. The predicted octanol–water partition coefficient (Wildman–Crippen LogP) is 6.37. The molecule has 0 aromatic heterocycles. The summed E-state index contributed by atoms with van der Waals surface area (Å²) in [5, 5.41) is 2.69. The summed E-state index contributed by atoms with van der Waals surface area (Å²) in [5.41, 5.74) is -5.13. The van der Waals surface area contributed by atoms with Gasteiger partial charge in [0.25, 0.3) is 0 Å². The van der Waals surface area contributed by atoms with Gasteiger partial charge in [-0.1, -0.05) is 23.7 Å². The molecule has 0 unspecified atom stereocenters. The number of nitrogens with one attached hydrogen (secondary N) is 1. The Morgan fingerprint density at radius 3 is 2.26 bits per heavy atom. The maximum absolute atomic E-state index is 13.1. The average Bonchev–Trinajstić information content (AvgIpc) is 2.71. The van der Waals surface area contributed by atoms with Gasteiger partial charge >= 0.3 is 27.7 Å². The van der Waals surface area contributed by atoms with Crippen molar-refractivity contribution in [2.75, 3.05) is 6.61 Å². The molecule has 1 N–H and O–H groups in total. The Kier molecular flexibility index (Phi) is 9.71. The number of hydrogen-bond donors (Lipinski definition) is 1. The molecule has 0 aliphatic heterocycles. The molecule has 0 bridgehead atoms. The zero-order valence-corrected chi connectivity index (χ0v) is 23.2. The Hall–Kier alpha value is -2.99. The van der Waals surface area contributed by atoms with Gasteiger partial charge in [-0.25, -0.2) is 4.79 Å². The molecule has 8 nitrogen and oxygen atoms in total. The number of aryl methyl sites for hydroxylation is 2. The number of rotatable bonds is 8. The van der Waals surface area contributed by atoms with Crippen LogP contribution < -0.4 is 9.50 Å². The first-order chi connectivity index (χ1) is 17.3. The van der Waals surface area contributed by atoms with Gasteiger partial charge in [-0.15, -0.1) is 0 Å². The number of halogens is 4. The minimum absolute atomic E-state index is 0.0495. The van der Waals surface area contributed by atoms with Crippen LogP contribution in [0.15, 0.2) is 30.3 Å². The van der Waals surface area contributed by atoms with Crippen molar-refractivity contribution in [3.8, 4) is 16.9 Å². The molecule has 0 saturated carbocycles. The molecule has 0 spiro atoms. The van der Waals surface area contributed by atoms with Crippen molar-refractivity contribution in [3.63, 3.8) is 0 Å². The van der Waals surface area contributed by atoms with Crippen LogP contribution >= 0.6 is 11.6 Å². The summed E-state index contributed by atoms with van der Waals surface area (Å²) >= 11 is 6.41. The van der Waals surface area contributed by atoms with Gasteiger partial charge in [0.1, 0.15) is 5.60 Å². The quantitative estimate of drug-likeness (QED) is 0.220. The number of alkyl carbamates (subject to hydrolysis) is 1. The van der Waals surface area contributed by atoms with Crippen molar-refractivity contribution in [1.82, 2.24) is 5.32 Å². The van der Waals surface area contributed by atoms with Crippen LogP contribution in [0.1, 0.15) is 56.8 Å². The summed E-state index contributed by atoms with van der Waals surface area (Å²) in [6, 6.07) is 6.02. The van der Waals surface area contributed by atoms with E-state index in [9.17, 15) is 31.2 Å². The van der Waals surface area contributed by atoms with Crippen molar-refractivity contribution in [2.24, 2.45) is 0 Å². The zero-order valence-electron chi connectivity index (χ0n) is 21.7. The van der Waals surface area contributed by atoms with Crippen LogP contribution in [0.4, 0.5) is 18.0 Å². The van der Waals surface area contributed by atoms with E-state index in [0.29, 0.717) is 11.1 Å². The van der Waals surface area contributed by atoms with Crippen molar-refractivity contribution in [1.29, 1.82) is 0 Å². The SMILES string of the molecule is CCOC(=O)C[C@H](NC(=O)OC(C)(C)C)c1cc(-c2c(C)cc(C)cc2OS(=O)(=O)C(F)(F)F)ccc1Cl. The lowest BCUT2D eigenvalue weighted by molar-refractivity contribution is -0.143. The molecule has 2 rings (SSSR count). The monoisotopic (exact) mass is 579 g/mol. The van der Waals surface area contributed by atoms with Gasteiger partial charge in [-0.2, -0.15) is 21.6 Å². The first-order valence-corrected chi connectivity index (χ1v) is 13.2. The van der Waals surface area contributed by atoms with E-state index in [-0.39, 0.29) is 34.7 Å². The van der Waals surface area contributed by atoms with Crippen LogP contribution in [0, 0.1) is 13.8 Å². The first kappa shape index (κ1) is 31.2. The largest absolute Gasteiger partial charge is 0.534 e. The first-order valence-electron chi connectivity index (χ1n) is 11.4. The Bertz CT molecular complexity index is 1310. The normalized spacial score (nSPS) is 13.0. The standard InChI is InChI=1S/C25H29ClF3NO7S/c1-7-35-21(31)13-19(30-23(32)36-24(4,5)6)17-12-16(8-9-18(17)26)22-15(3)10-14(2)11-20(22)37-38(33,34)25(27,28)29/h8-12,19H,7,13H2,1-6H3,(H,30,32)/t19-/m0/s1. The number of carbonyl (C=O) groups is 2. The summed E-state index contributed by atoms with van der Waals surface area (Å²) in [7, 11) is -5.97. The van der Waals surface area contributed by atoms with Crippen LogP contribution in [0.3, 0.4) is 0 Å². The van der Waals surface area contributed by atoms with E-state index < -0.39 is 45.1 Å². The van der Waals surface area contributed by atoms with Crippen molar-refractivity contribution < 1.29 is 44.8 Å². The molecule has 38 heavy (non-hydrogen) atoms. The molecule has 0 radical (unpaired) electrons. The maximum Gasteiger partial charge on any atom is 0.534 e. The predicted molar refractivity (Wildman–Crippen MR) is 135 cm³/mol. The summed E-state index contributed by atoms with van der Waals surface area (Å²) in [6.07, 6.45) is -1.19. The zero-order chi connectivity index (χ0) is 29.1. The molecular weight excluding hydrogens is 551 g/mol. The van der Waals surface area contributed by atoms with E-state index in [0.717, 1.165) is 6.07 Å². The minimum Gasteiger partial charge on any atom is -0.466 e. The second-order valence-electron chi connectivity index (χ2n) is 9.38. The summed E-state index contributed by atoms with van der Waals surface area (Å²) in [5.74, 6) is -1.20. The van der Waals surface area contributed by atoms with Gasteiger partial charge in [0, 0.05) is 10.6 Å². The molecular formula is C25H29ClF3NO7S. The van der Waals surface area contributed by atoms with Crippen LogP contribution in [-0.2, 0) is 24.4 Å². The van der Waals surface area contributed by atoms with Gasteiger partial charge in [-0.3, -0.25) is 4.79 Å². The van der Waals surface area contributed by atoms with Gasteiger partial charge in [-0.05, 0) is 82.0 Å². The fourth-order valence-corrected chi connectivity index (χ4v) is 4.28. The van der Waals surface area contributed by atoms with Crippen LogP contribution in [-0.4, -0.2) is 38.2 Å². The molecule has 0 fully saturated rings. The number of carbonyl (C=O) groups excluding carboxylic acids is 2. The van der Waals surface area contributed by atoms with E-state index in [1.165, 1.54) is 18.2 Å². The van der Waals surface area contributed by atoms with Crippen LogP contribution in [0.2, 0.25) is 5.02 Å². The number of amides is 1. The van der Waals surface area contributed by atoms with Gasteiger partial charge in [0.15, 0.2) is 5.75 Å². The Balaban J connectivity index is 2.65. The number of ether oxygens (including phenoxy) is 2.